The second-order valence-corrected chi connectivity index (χ2v) is 4.83. The number of carbonyl (C=O) groups is 1. The maximum Gasteiger partial charge on any atom is 0.319 e. The van der Waals surface area contributed by atoms with Gasteiger partial charge in [0.2, 0.25) is 0 Å². The number of nitrogens with one attached hydrogen (secondary N) is 2. The number of amides is 2. The minimum atomic E-state index is -0.732. The SMILES string of the molecule is O=C(NCC1(O)CCCCC1)Nc1cccnc1. The van der Waals surface area contributed by atoms with Crippen molar-refractivity contribution < 1.29 is 9.90 Å². The second kappa shape index (κ2) is 5.82. The van der Waals surface area contributed by atoms with E-state index in [0.717, 1.165) is 25.7 Å². The Morgan fingerprint density at radius 2 is 2.17 bits per heavy atom. The zero-order valence-electron chi connectivity index (χ0n) is 10.4. The summed E-state index contributed by atoms with van der Waals surface area (Å²) in [5, 5.41) is 15.6. The summed E-state index contributed by atoms with van der Waals surface area (Å²) in [6, 6.07) is 3.22. The van der Waals surface area contributed by atoms with Crippen LogP contribution in [0.25, 0.3) is 0 Å². The Morgan fingerprint density at radius 3 is 2.83 bits per heavy atom. The van der Waals surface area contributed by atoms with Crippen molar-refractivity contribution in [1.29, 1.82) is 0 Å². The smallest absolute Gasteiger partial charge is 0.319 e. The van der Waals surface area contributed by atoms with E-state index in [1.165, 1.54) is 6.42 Å². The highest BCUT2D eigenvalue weighted by molar-refractivity contribution is 5.88. The van der Waals surface area contributed by atoms with Gasteiger partial charge in [-0.1, -0.05) is 19.3 Å². The van der Waals surface area contributed by atoms with Gasteiger partial charge in [-0.2, -0.15) is 0 Å². The standard InChI is InChI=1S/C13H19N3O2/c17-12(16-11-5-4-8-14-9-11)15-10-13(18)6-2-1-3-7-13/h4-5,8-9,18H,1-3,6-7,10H2,(H2,15,16,17). The quantitative estimate of drug-likeness (QED) is 0.766. The van der Waals surface area contributed by atoms with Crippen molar-refractivity contribution >= 4 is 11.7 Å². The Balaban J connectivity index is 1.78. The van der Waals surface area contributed by atoms with Crippen LogP contribution in [-0.4, -0.2) is 28.3 Å². The molecule has 0 radical (unpaired) electrons. The number of hydrogen-bond donors (Lipinski definition) is 3. The predicted molar refractivity (Wildman–Crippen MR) is 69.3 cm³/mol. The molecule has 0 aromatic carbocycles. The number of pyridine rings is 1. The first-order valence-corrected chi connectivity index (χ1v) is 6.35. The summed E-state index contributed by atoms with van der Waals surface area (Å²) in [5.74, 6) is 0. The van der Waals surface area contributed by atoms with Gasteiger partial charge in [0.05, 0.1) is 17.5 Å². The summed E-state index contributed by atoms with van der Waals surface area (Å²) in [6.45, 7) is 0.305. The van der Waals surface area contributed by atoms with E-state index in [0.29, 0.717) is 12.2 Å². The summed E-state index contributed by atoms with van der Waals surface area (Å²) in [6.07, 6.45) is 7.98. The number of urea groups is 1. The average Bonchev–Trinajstić information content (AvgIpc) is 2.39. The highest BCUT2D eigenvalue weighted by Crippen LogP contribution is 2.27. The van der Waals surface area contributed by atoms with Crippen LogP contribution in [0.3, 0.4) is 0 Å². The van der Waals surface area contributed by atoms with Crippen LogP contribution in [-0.2, 0) is 0 Å². The number of anilines is 1. The number of rotatable bonds is 3. The molecule has 0 aliphatic heterocycles. The van der Waals surface area contributed by atoms with Crippen LogP contribution < -0.4 is 10.6 Å². The molecule has 1 aromatic rings. The van der Waals surface area contributed by atoms with Gasteiger partial charge in [0, 0.05) is 12.7 Å². The van der Waals surface area contributed by atoms with Gasteiger partial charge in [-0.15, -0.1) is 0 Å². The van der Waals surface area contributed by atoms with Gasteiger partial charge in [-0.3, -0.25) is 4.98 Å². The molecule has 1 aromatic heterocycles. The molecule has 0 unspecified atom stereocenters. The van der Waals surface area contributed by atoms with Crippen molar-refractivity contribution in [3.05, 3.63) is 24.5 Å². The lowest BCUT2D eigenvalue weighted by molar-refractivity contribution is 0.00755. The fourth-order valence-electron chi connectivity index (χ4n) is 2.24. The van der Waals surface area contributed by atoms with E-state index in [1.54, 1.807) is 24.5 Å². The first-order valence-electron chi connectivity index (χ1n) is 6.35. The molecule has 5 nitrogen and oxygen atoms in total. The largest absolute Gasteiger partial charge is 0.388 e. The van der Waals surface area contributed by atoms with Crippen LogP contribution in [0.1, 0.15) is 32.1 Å². The Labute approximate surface area is 107 Å². The fraction of sp³-hybridized carbons (Fsp3) is 0.538. The molecule has 5 heteroatoms. The maximum atomic E-state index is 11.6. The average molecular weight is 249 g/mol. The predicted octanol–water partition coefficient (Wildman–Crippen LogP) is 1.90. The molecule has 1 saturated carbocycles. The second-order valence-electron chi connectivity index (χ2n) is 4.83. The van der Waals surface area contributed by atoms with Gasteiger partial charge in [-0.05, 0) is 25.0 Å². The Bertz CT molecular complexity index is 388. The van der Waals surface area contributed by atoms with Crippen LogP contribution >= 0.6 is 0 Å². The van der Waals surface area contributed by atoms with E-state index < -0.39 is 5.60 Å². The number of aromatic nitrogens is 1. The highest BCUT2D eigenvalue weighted by atomic mass is 16.3. The van der Waals surface area contributed by atoms with E-state index in [-0.39, 0.29) is 6.03 Å². The van der Waals surface area contributed by atoms with Crippen molar-refractivity contribution in [2.24, 2.45) is 0 Å². The van der Waals surface area contributed by atoms with E-state index >= 15 is 0 Å². The monoisotopic (exact) mass is 249 g/mol. The molecule has 0 atom stereocenters. The highest BCUT2D eigenvalue weighted by Gasteiger charge is 2.29. The third-order valence-electron chi connectivity index (χ3n) is 3.28. The number of carbonyl (C=O) groups excluding carboxylic acids is 1. The maximum absolute atomic E-state index is 11.6. The zero-order chi connectivity index (χ0) is 12.8. The molecule has 2 amide bonds. The third-order valence-corrected chi connectivity index (χ3v) is 3.28. The molecular weight excluding hydrogens is 230 g/mol. The number of nitrogens with zero attached hydrogens (tertiary/aromatic N) is 1. The lowest BCUT2D eigenvalue weighted by Gasteiger charge is -2.32. The van der Waals surface area contributed by atoms with E-state index in [1.807, 2.05) is 0 Å². The number of hydrogen-bond acceptors (Lipinski definition) is 3. The fourth-order valence-corrected chi connectivity index (χ4v) is 2.24. The Hall–Kier alpha value is -1.62. The third kappa shape index (κ3) is 3.70. The van der Waals surface area contributed by atoms with Gasteiger partial charge in [0.25, 0.3) is 0 Å². The van der Waals surface area contributed by atoms with Gasteiger partial charge in [0.15, 0.2) is 0 Å². The molecular formula is C13H19N3O2. The Morgan fingerprint density at radius 1 is 1.39 bits per heavy atom. The normalized spacial score (nSPS) is 18.1. The zero-order valence-corrected chi connectivity index (χ0v) is 10.4. The van der Waals surface area contributed by atoms with Crippen molar-refractivity contribution in [3.8, 4) is 0 Å². The minimum absolute atomic E-state index is 0.304. The summed E-state index contributed by atoms with van der Waals surface area (Å²) in [4.78, 5) is 15.5. The van der Waals surface area contributed by atoms with Gasteiger partial charge in [0.1, 0.15) is 0 Å². The van der Waals surface area contributed by atoms with Gasteiger partial charge < -0.3 is 15.7 Å². The van der Waals surface area contributed by atoms with E-state index in [9.17, 15) is 9.90 Å². The van der Waals surface area contributed by atoms with Crippen LogP contribution in [0.4, 0.5) is 10.5 Å². The molecule has 1 fully saturated rings. The summed E-state index contributed by atoms with van der Waals surface area (Å²) >= 11 is 0. The first-order chi connectivity index (χ1) is 8.68. The summed E-state index contributed by atoms with van der Waals surface area (Å²) < 4.78 is 0. The van der Waals surface area contributed by atoms with Crippen LogP contribution in [0.5, 0.6) is 0 Å². The molecule has 98 valence electrons. The van der Waals surface area contributed by atoms with Crippen LogP contribution in [0, 0.1) is 0 Å². The van der Waals surface area contributed by atoms with E-state index in [2.05, 4.69) is 15.6 Å². The van der Waals surface area contributed by atoms with E-state index in [4.69, 9.17) is 0 Å². The molecule has 0 saturated heterocycles. The molecule has 0 bridgehead atoms. The van der Waals surface area contributed by atoms with Crippen molar-refractivity contribution in [3.63, 3.8) is 0 Å². The van der Waals surface area contributed by atoms with Crippen molar-refractivity contribution in [2.45, 2.75) is 37.7 Å². The van der Waals surface area contributed by atoms with Crippen molar-refractivity contribution in [1.82, 2.24) is 10.3 Å². The molecule has 1 aliphatic carbocycles. The van der Waals surface area contributed by atoms with Crippen LogP contribution in [0.2, 0.25) is 0 Å². The van der Waals surface area contributed by atoms with Crippen molar-refractivity contribution in [2.75, 3.05) is 11.9 Å². The molecule has 1 aliphatic rings. The molecule has 18 heavy (non-hydrogen) atoms. The van der Waals surface area contributed by atoms with Gasteiger partial charge >= 0.3 is 6.03 Å². The molecule has 2 rings (SSSR count). The Kier molecular flexibility index (Phi) is 4.15. The molecule has 1 heterocycles. The molecule has 0 spiro atoms. The molecule has 3 N–H and O–H groups in total. The summed E-state index contributed by atoms with van der Waals surface area (Å²) in [5.41, 5.74) is -0.0875. The van der Waals surface area contributed by atoms with Gasteiger partial charge in [-0.25, -0.2) is 4.79 Å². The summed E-state index contributed by atoms with van der Waals surface area (Å²) in [7, 11) is 0. The lowest BCUT2D eigenvalue weighted by Crippen LogP contribution is -2.45. The lowest BCUT2D eigenvalue weighted by atomic mass is 9.85. The first kappa shape index (κ1) is 12.8. The van der Waals surface area contributed by atoms with Crippen LogP contribution in [0.15, 0.2) is 24.5 Å². The minimum Gasteiger partial charge on any atom is -0.388 e. The number of aliphatic hydroxyl groups is 1. The topological polar surface area (TPSA) is 74.2 Å².